The Morgan fingerprint density at radius 3 is 1.86 bits per heavy atom. The van der Waals surface area contributed by atoms with E-state index in [1.165, 1.54) is 22.3 Å². The summed E-state index contributed by atoms with van der Waals surface area (Å²) in [6, 6.07) is 4.62. The summed E-state index contributed by atoms with van der Waals surface area (Å²) in [5.74, 6) is 1.04. The molecule has 0 fully saturated rings. The zero-order valence-electron chi connectivity index (χ0n) is 15.8. The van der Waals surface area contributed by atoms with Crippen LogP contribution in [-0.4, -0.2) is 5.60 Å². The Labute approximate surface area is 136 Å². The summed E-state index contributed by atoms with van der Waals surface area (Å²) in [4.78, 5) is 0. The van der Waals surface area contributed by atoms with Crippen molar-refractivity contribution in [2.45, 2.75) is 79.8 Å². The molecule has 0 heterocycles. The molecular weight excluding hydrogens is 268 g/mol. The van der Waals surface area contributed by atoms with Crippen LogP contribution < -0.4 is 4.74 Å². The minimum Gasteiger partial charge on any atom is -0.488 e. The van der Waals surface area contributed by atoms with Gasteiger partial charge >= 0.3 is 0 Å². The molecule has 0 spiro atoms. The summed E-state index contributed by atoms with van der Waals surface area (Å²) in [5, 5.41) is 0. The van der Waals surface area contributed by atoms with Gasteiger partial charge in [-0.15, -0.1) is 0 Å². The molecule has 122 valence electrons. The predicted molar refractivity (Wildman–Crippen MR) is 96.7 cm³/mol. The van der Waals surface area contributed by atoms with Crippen LogP contribution in [0.4, 0.5) is 0 Å². The molecule has 1 aromatic rings. The third kappa shape index (κ3) is 3.74. The normalized spacial score (nSPS) is 15.6. The molecule has 2 rings (SSSR count). The van der Waals surface area contributed by atoms with Crippen molar-refractivity contribution in [3.05, 3.63) is 34.4 Å². The van der Waals surface area contributed by atoms with E-state index in [2.05, 4.69) is 80.5 Å². The van der Waals surface area contributed by atoms with Gasteiger partial charge < -0.3 is 4.74 Å². The van der Waals surface area contributed by atoms with E-state index >= 15 is 0 Å². The van der Waals surface area contributed by atoms with Crippen molar-refractivity contribution in [3.8, 4) is 5.75 Å². The van der Waals surface area contributed by atoms with Crippen LogP contribution in [-0.2, 0) is 11.8 Å². The van der Waals surface area contributed by atoms with Crippen molar-refractivity contribution in [1.82, 2.24) is 0 Å². The van der Waals surface area contributed by atoms with Crippen molar-refractivity contribution in [2.24, 2.45) is 5.41 Å². The molecule has 0 saturated carbocycles. The first-order valence-electron chi connectivity index (χ1n) is 8.35. The molecule has 0 aromatic heterocycles. The van der Waals surface area contributed by atoms with Gasteiger partial charge in [0, 0.05) is 5.56 Å². The maximum absolute atomic E-state index is 6.28. The average Bonchev–Trinajstić information content (AvgIpc) is 2.66. The molecule has 22 heavy (non-hydrogen) atoms. The fourth-order valence-corrected chi connectivity index (χ4v) is 2.85. The Morgan fingerprint density at radius 1 is 0.818 bits per heavy atom. The molecule has 0 atom stereocenters. The van der Waals surface area contributed by atoms with Crippen molar-refractivity contribution < 1.29 is 4.74 Å². The SMILES string of the molecule is CC(C)(C)Oc1cc2c(cc1C(C)(C)C)C=C(C(C)(C)C)C2. The van der Waals surface area contributed by atoms with E-state index in [9.17, 15) is 0 Å². The van der Waals surface area contributed by atoms with Gasteiger partial charge in [-0.1, -0.05) is 53.2 Å². The van der Waals surface area contributed by atoms with Gasteiger partial charge in [0.15, 0.2) is 0 Å². The van der Waals surface area contributed by atoms with E-state index < -0.39 is 0 Å². The van der Waals surface area contributed by atoms with E-state index in [4.69, 9.17) is 4.74 Å². The number of hydrogen-bond donors (Lipinski definition) is 0. The minimum absolute atomic E-state index is 0.0773. The summed E-state index contributed by atoms with van der Waals surface area (Å²) >= 11 is 0. The van der Waals surface area contributed by atoms with Crippen LogP contribution in [0.2, 0.25) is 0 Å². The minimum atomic E-state index is -0.173. The Balaban J connectivity index is 2.51. The van der Waals surface area contributed by atoms with E-state index in [1.807, 2.05) is 0 Å². The standard InChI is InChI=1S/C21H32O/c1-19(2,3)16-10-14-12-17(20(4,5)6)18(13-15(14)11-16)22-21(7,8)9/h10,12-13H,11H2,1-9H3. The number of hydrogen-bond acceptors (Lipinski definition) is 1. The van der Waals surface area contributed by atoms with Gasteiger partial charge in [0.2, 0.25) is 0 Å². The Morgan fingerprint density at radius 2 is 1.41 bits per heavy atom. The molecular formula is C21H32O. The van der Waals surface area contributed by atoms with Gasteiger partial charge in [-0.05, 0) is 61.3 Å². The Hall–Kier alpha value is -1.24. The van der Waals surface area contributed by atoms with Crippen LogP contribution >= 0.6 is 0 Å². The lowest BCUT2D eigenvalue weighted by molar-refractivity contribution is 0.127. The second-order valence-corrected chi connectivity index (χ2v) is 9.61. The van der Waals surface area contributed by atoms with Gasteiger partial charge in [-0.2, -0.15) is 0 Å². The third-order valence-electron chi connectivity index (χ3n) is 4.14. The molecule has 0 unspecified atom stereocenters. The molecule has 1 aromatic carbocycles. The molecule has 1 heteroatoms. The fraction of sp³-hybridized carbons (Fsp3) is 0.619. The van der Waals surface area contributed by atoms with Crippen LogP contribution in [0, 0.1) is 5.41 Å². The summed E-state index contributed by atoms with van der Waals surface area (Å²) in [7, 11) is 0. The van der Waals surface area contributed by atoms with Crippen molar-refractivity contribution in [1.29, 1.82) is 0 Å². The van der Waals surface area contributed by atoms with Crippen molar-refractivity contribution in [2.75, 3.05) is 0 Å². The monoisotopic (exact) mass is 300 g/mol. The van der Waals surface area contributed by atoms with E-state index in [-0.39, 0.29) is 16.4 Å². The number of rotatable bonds is 1. The second kappa shape index (κ2) is 5.15. The van der Waals surface area contributed by atoms with E-state index in [0.29, 0.717) is 0 Å². The highest BCUT2D eigenvalue weighted by Gasteiger charge is 2.28. The van der Waals surface area contributed by atoms with Gasteiger partial charge in [0.05, 0.1) is 0 Å². The van der Waals surface area contributed by atoms with Gasteiger partial charge in [-0.25, -0.2) is 0 Å². The first-order valence-corrected chi connectivity index (χ1v) is 8.35. The Bertz CT molecular complexity index is 599. The zero-order valence-corrected chi connectivity index (χ0v) is 15.8. The number of benzene rings is 1. The molecule has 0 bridgehead atoms. The topological polar surface area (TPSA) is 9.23 Å². The summed E-state index contributed by atoms with van der Waals surface area (Å²) in [6.07, 6.45) is 3.43. The summed E-state index contributed by atoms with van der Waals surface area (Å²) < 4.78 is 6.28. The molecule has 1 aliphatic carbocycles. The average molecular weight is 300 g/mol. The smallest absolute Gasteiger partial charge is 0.124 e. The third-order valence-corrected chi connectivity index (χ3v) is 4.14. The fourth-order valence-electron chi connectivity index (χ4n) is 2.85. The summed E-state index contributed by atoms with van der Waals surface area (Å²) in [6.45, 7) is 20.0. The van der Waals surface area contributed by atoms with E-state index in [1.54, 1.807) is 0 Å². The lowest BCUT2D eigenvalue weighted by Gasteiger charge is -2.29. The first-order chi connectivity index (χ1) is 9.77. The first kappa shape index (κ1) is 17.1. The van der Waals surface area contributed by atoms with Crippen LogP contribution in [0.15, 0.2) is 17.7 Å². The number of ether oxygens (including phenoxy) is 1. The molecule has 0 saturated heterocycles. The van der Waals surface area contributed by atoms with Gasteiger partial charge in [0.1, 0.15) is 11.4 Å². The highest BCUT2D eigenvalue weighted by Crippen LogP contribution is 2.42. The van der Waals surface area contributed by atoms with Crippen LogP contribution in [0.1, 0.15) is 79.0 Å². The predicted octanol–water partition coefficient (Wildman–Crippen LogP) is 6.15. The van der Waals surface area contributed by atoms with Crippen molar-refractivity contribution >= 4 is 6.08 Å². The summed E-state index contributed by atoms with van der Waals surface area (Å²) in [5.41, 5.74) is 5.71. The molecule has 1 aliphatic rings. The molecule has 0 radical (unpaired) electrons. The molecule has 1 nitrogen and oxygen atoms in total. The Kier molecular flexibility index (Phi) is 4.00. The molecule has 0 amide bonds. The maximum atomic E-state index is 6.28. The lowest BCUT2D eigenvalue weighted by atomic mass is 9.84. The van der Waals surface area contributed by atoms with Crippen molar-refractivity contribution in [3.63, 3.8) is 0 Å². The van der Waals surface area contributed by atoms with Gasteiger partial charge in [-0.3, -0.25) is 0 Å². The number of allylic oxidation sites excluding steroid dienone is 1. The second-order valence-electron chi connectivity index (χ2n) is 9.61. The molecule has 0 N–H and O–H groups in total. The van der Waals surface area contributed by atoms with Crippen LogP contribution in [0.3, 0.4) is 0 Å². The van der Waals surface area contributed by atoms with Gasteiger partial charge in [0.25, 0.3) is 0 Å². The maximum Gasteiger partial charge on any atom is 0.124 e. The van der Waals surface area contributed by atoms with Crippen LogP contribution in [0.5, 0.6) is 5.75 Å². The largest absolute Gasteiger partial charge is 0.488 e. The molecule has 0 aliphatic heterocycles. The highest BCUT2D eigenvalue weighted by molar-refractivity contribution is 5.68. The quantitative estimate of drug-likeness (QED) is 0.604. The highest BCUT2D eigenvalue weighted by atomic mass is 16.5. The zero-order chi connectivity index (χ0) is 16.9. The van der Waals surface area contributed by atoms with Crippen LogP contribution in [0.25, 0.3) is 6.08 Å². The number of fused-ring (bicyclic) bond motifs is 1. The van der Waals surface area contributed by atoms with E-state index in [0.717, 1.165) is 12.2 Å². The lowest BCUT2D eigenvalue weighted by Crippen LogP contribution is -2.25.